The van der Waals surface area contributed by atoms with E-state index in [1.54, 1.807) is 0 Å². The van der Waals surface area contributed by atoms with Crippen molar-refractivity contribution in [3.05, 3.63) is 29.8 Å². The Labute approximate surface area is 101 Å². The molecule has 1 unspecified atom stereocenters. The summed E-state index contributed by atoms with van der Waals surface area (Å²) >= 11 is 0. The highest BCUT2D eigenvalue weighted by Crippen LogP contribution is 2.24. The minimum Gasteiger partial charge on any atom is -0.493 e. The Balaban J connectivity index is 1.86. The molecule has 1 atom stereocenters. The van der Waals surface area contributed by atoms with Crippen LogP contribution in [0, 0.1) is 0 Å². The van der Waals surface area contributed by atoms with Crippen LogP contribution in [0.1, 0.15) is 24.3 Å². The number of nitrogens with one attached hydrogen (secondary N) is 1. The zero-order valence-electron chi connectivity index (χ0n) is 9.69. The van der Waals surface area contributed by atoms with Gasteiger partial charge in [-0.3, -0.25) is 4.79 Å². The maximum atomic E-state index is 10.3. The van der Waals surface area contributed by atoms with E-state index in [0.717, 1.165) is 18.8 Å². The molecule has 1 saturated heterocycles. The molecule has 1 aliphatic heterocycles. The molecule has 4 nitrogen and oxygen atoms in total. The molecule has 0 saturated carbocycles. The van der Waals surface area contributed by atoms with E-state index >= 15 is 0 Å². The van der Waals surface area contributed by atoms with E-state index in [2.05, 4.69) is 17.4 Å². The van der Waals surface area contributed by atoms with Gasteiger partial charge in [0.25, 0.3) is 0 Å². The van der Waals surface area contributed by atoms with Crippen molar-refractivity contribution in [2.45, 2.75) is 18.8 Å². The quantitative estimate of drug-likeness (QED) is 0.814. The predicted molar refractivity (Wildman–Crippen MR) is 64.4 cm³/mol. The van der Waals surface area contributed by atoms with Gasteiger partial charge in [-0.25, -0.2) is 0 Å². The van der Waals surface area contributed by atoms with Gasteiger partial charge in [-0.1, -0.05) is 12.1 Å². The van der Waals surface area contributed by atoms with Gasteiger partial charge in [0.15, 0.2) is 0 Å². The van der Waals surface area contributed by atoms with Crippen LogP contribution in [0.25, 0.3) is 0 Å². The fourth-order valence-corrected chi connectivity index (χ4v) is 2.03. The monoisotopic (exact) mass is 235 g/mol. The number of rotatable bonds is 5. The van der Waals surface area contributed by atoms with Crippen molar-refractivity contribution in [2.75, 3.05) is 19.7 Å². The maximum Gasteiger partial charge on any atom is 0.306 e. The van der Waals surface area contributed by atoms with Gasteiger partial charge >= 0.3 is 5.97 Å². The van der Waals surface area contributed by atoms with Crippen LogP contribution in [0.3, 0.4) is 0 Å². The molecule has 1 aliphatic rings. The molecule has 2 rings (SSSR count). The zero-order chi connectivity index (χ0) is 12.1. The molecule has 1 fully saturated rings. The molecular weight excluding hydrogens is 218 g/mol. The van der Waals surface area contributed by atoms with Gasteiger partial charge in [-0.2, -0.15) is 0 Å². The summed E-state index contributed by atoms with van der Waals surface area (Å²) in [6, 6.07) is 7.95. The van der Waals surface area contributed by atoms with Gasteiger partial charge in [0, 0.05) is 6.54 Å². The summed E-state index contributed by atoms with van der Waals surface area (Å²) in [6.45, 7) is 2.35. The smallest absolute Gasteiger partial charge is 0.306 e. The van der Waals surface area contributed by atoms with Gasteiger partial charge < -0.3 is 15.2 Å². The molecule has 0 radical (unpaired) electrons. The highest BCUT2D eigenvalue weighted by Gasteiger charge is 2.16. The summed E-state index contributed by atoms with van der Waals surface area (Å²) in [5.41, 5.74) is 1.32. The van der Waals surface area contributed by atoms with E-state index in [-0.39, 0.29) is 13.0 Å². The third kappa shape index (κ3) is 3.46. The molecule has 1 heterocycles. The highest BCUT2D eigenvalue weighted by molar-refractivity contribution is 5.66. The molecule has 17 heavy (non-hydrogen) atoms. The molecular formula is C13H17NO3. The van der Waals surface area contributed by atoms with E-state index in [0.29, 0.717) is 5.92 Å². The van der Waals surface area contributed by atoms with Crippen molar-refractivity contribution in [2.24, 2.45) is 0 Å². The second kappa shape index (κ2) is 5.68. The Bertz CT molecular complexity index is 369. The highest BCUT2D eigenvalue weighted by atomic mass is 16.5. The van der Waals surface area contributed by atoms with Crippen molar-refractivity contribution < 1.29 is 14.6 Å². The lowest BCUT2D eigenvalue weighted by atomic mass is 9.98. The summed E-state index contributed by atoms with van der Waals surface area (Å²) in [6.07, 6.45) is 1.22. The number of carboxylic acids is 1. The Morgan fingerprint density at radius 1 is 1.41 bits per heavy atom. The number of hydrogen-bond donors (Lipinski definition) is 2. The minimum atomic E-state index is -0.835. The van der Waals surface area contributed by atoms with E-state index < -0.39 is 5.97 Å². The topological polar surface area (TPSA) is 58.6 Å². The van der Waals surface area contributed by atoms with Gasteiger partial charge in [0.05, 0.1) is 13.0 Å². The van der Waals surface area contributed by atoms with Crippen molar-refractivity contribution in [3.8, 4) is 5.75 Å². The summed E-state index contributed by atoms with van der Waals surface area (Å²) in [5.74, 6) is 0.502. The largest absolute Gasteiger partial charge is 0.493 e. The van der Waals surface area contributed by atoms with Crippen molar-refractivity contribution in [3.63, 3.8) is 0 Å². The fraction of sp³-hybridized carbons (Fsp3) is 0.462. The molecule has 1 aromatic rings. The molecule has 2 N–H and O–H groups in total. The van der Waals surface area contributed by atoms with Crippen molar-refractivity contribution in [1.82, 2.24) is 5.32 Å². The SMILES string of the molecule is O=C(O)CCOc1ccc(C2CCNC2)cc1. The van der Waals surface area contributed by atoms with Gasteiger partial charge in [0.1, 0.15) is 5.75 Å². The Morgan fingerprint density at radius 2 is 2.18 bits per heavy atom. The Hall–Kier alpha value is -1.55. The summed E-state index contributed by atoms with van der Waals surface area (Å²) < 4.78 is 5.34. The molecule has 0 aromatic heterocycles. The third-order valence-corrected chi connectivity index (χ3v) is 3.00. The first-order valence-corrected chi connectivity index (χ1v) is 5.91. The normalized spacial score (nSPS) is 19.2. The van der Waals surface area contributed by atoms with E-state index in [1.807, 2.05) is 12.1 Å². The molecule has 4 heteroatoms. The number of carbonyl (C=O) groups is 1. The van der Waals surface area contributed by atoms with E-state index in [9.17, 15) is 4.79 Å². The van der Waals surface area contributed by atoms with Crippen LogP contribution in [0.5, 0.6) is 5.75 Å². The number of hydrogen-bond acceptors (Lipinski definition) is 3. The fourth-order valence-electron chi connectivity index (χ4n) is 2.03. The lowest BCUT2D eigenvalue weighted by Gasteiger charge is -2.10. The molecule has 0 amide bonds. The summed E-state index contributed by atoms with van der Waals surface area (Å²) in [5, 5.41) is 11.8. The van der Waals surface area contributed by atoms with Crippen LogP contribution in [0.4, 0.5) is 0 Å². The average molecular weight is 235 g/mol. The number of benzene rings is 1. The van der Waals surface area contributed by atoms with Crippen molar-refractivity contribution in [1.29, 1.82) is 0 Å². The Morgan fingerprint density at radius 3 is 2.76 bits per heavy atom. The lowest BCUT2D eigenvalue weighted by Crippen LogP contribution is -2.08. The van der Waals surface area contributed by atoms with Crippen LogP contribution >= 0.6 is 0 Å². The lowest BCUT2D eigenvalue weighted by molar-refractivity contribution is -0.137. The molecule has 0 bridgehead atoms. The Kier molecular flexibility index (Phi) is 3.98. The molecule has 0 spiro atoms. The van der Waals surface area contributed by atoms with Crippen LogP contribution in [-0.4, -0.2) is 30.8 Å². The van der Waals surface area contributed by atoms with Gasteiger partial charge in [0.2, 0.25) is 0 Å². The van der Waals surface area contributed by atoms with E-state index in [1.165, 1.54) is 12.0 Å². The first kappa shape index (κ1) is 11.9. The average Bonchev–Trinajstić information content (AvgIpc) is 2.83. The maximum absolute atomic E-state index is 10.3. The zero-order valence-corrected chi connectivity index (χ0v) is 9.69. The minimum absolute atomic E-state index is 0.0360. The predicted octanol–water partition coefficient (Wildman–Crippen LogP) is 1.62. The summed E-state index contributed by atoms with van der Waals surface area (Å²) in [7, 11) is 0. The van der Waals surface area contributed by atoms with Crippen LogP contribution in [0.15, 0.2) is 24.3 Å². The second-order valence-electron chi connectivity index (χ2n) is 4.25. The number of carboxylic acid groups (broad SMARTS) is 1. The number of ether oxygens (including phenoxy) is 1. The first-order valence-electron chi connectivity index (χ1n) is 5.91. The van der Waals surface area contributed by atoms with Gasteiger partial charge in [-0.05, 0) is 36.6 Å². The van der Waals surface area contributed by atoms with Crippen LogP contribution in [0.2, 0.25) is 0 Å². The number of aliphatic carboxylic acids is 1. The van der Waals surface area contributed by atoms with E-state index in [4.69, 9.17) is 9.84 Å². The standard InChI is InChI=1S/C13H17NO3/c15-13(16)6-8-17-12-3-1-10(2-4-12)11-5-7-14-9-11/h1-4,11,14H,5-9H2,(H,15,16). The second-order valence-corrected chi connectivity index (χ2v) is 4.25. The van der Waals surface area contributed by atoms with Crippen LogP contribution in [-0.2, 0) is 4.79 Å². The molecule has 92 valence electrons. The van der Waals surface area contributed by atoms with Crippen molar-refractivity contribution >= 4 is 5.97 Å². The van der Waals surface area contributed by atoms with Crippen LogP contribution < -0.4 is 10.1 Å². The third-order valence-electron chi connectivity index (χ3n) is 3.00. The molecule has 1 aromatic carbocycles. The first-order chi connectivity index (χ1) is 8.25. The summed E-state index contributed by atoms with van der Waals surface area (Å²) in [4.78, 5) is 10.3. The molecule has 0 aliphatic carbocycles. The van der Waals surface area contributed by atoms with Gasteiger partial charge in [-0.15, -0.1) is 0 Å².